The highest BCUT2D eigenvalue weighted by molar-refractivity contribution is 5.14. The molecule has 4 atom stereocenters. The zero-order chi connectivity index (χ0) is 18.9. The lowest BCUT2D eigenvalue weighted by molar-refractivity contribution is -0.270. The minimum atomic E-state index is -1.00. The van der Waals surface area contributed by atoms with E-state index in [1.54, 1.807) is 0 Å². The number of aliphatic hydroxyl groups is 1. The quantitative estimate of drug-likeness (QED) is 0.709. The van der Waals surface area contributed by atoms with Crippen molar-refractivity contribution in [2.24, 2.45) is 0 Å². The molecule has 0 aromatic heterocycles. The van der Waals surface area contributed by atoms with Gasteiger partial charge in [-0.2, -0.15) is 0 Å². The lowest BCUT2D eigenvalue weighted by Gasteiger charge is -2.39. The number of ether oxygens (including phenoxy) is 3. The third-order valence-electron chi connectivity index (χ3n) is 4.70. The fraction of sp³-hybridized carbons (Fsp3) is 0.391. The van der Waals surface area contributed by atoms with Crippen LogP contribution in [0.15, 0.2) is 72.8 Å². The molecular formula is C23H28O4. The summed E-state index contributed by atoms with van der Waals surface area (Å²) in [5, 5.41) is 10.5. The highest BCUT2D eigenvalue weighted by Crippen LogP contribution is 2.27. The Morgan fingerprint density at radius 2 is 1.56 bits per heavy atom. The smallest absolute Gasteiger partial charge is 0.184 e. The summed E-state index contributed by atoms with van der Waals surface area (Å²) in [5.41, 5.74) is 2.16. The van der Waals surface area contributed by atoms with Crippen LogP contribution in [0.3, 0.4) is 0 Å². The fourth-order valence-electron chi connectivity index (χ4n) is 3.24. The van der Waals surface area contributed by atoms with Gasteiger partial charge in [-0.15, -0.1) is 0 Å². The first-order chi connectivity index (χ1) is 13.3. The Hall–Kier alpha value is -1.98. The predicted octanol–water partition coefficient (Wildman–Crippen LogP) is 4.23. The number of allylic oxidation sites excluding steroid dienone is 1. The summed E-state index contributed by atoms with van der Waals surface area (Å²) < 4.78 is 17.9. The number of aliphatic hydroxyl groups excluding tert-OH is 1. The standard InChI is InChI=1S/C23H28O4/c1-2-3-14-20-15-21(25-16-18-10-6-4-7-11-18)22(23(24)27-20)26-17-19-12-8-5-9-13-19/h2-13,20-24H,14-17H2,1H3/b3-2+/t20-,21+,22+,23?/m1/s1. The minimum absolute atomic E-state index is 0.0754. The molecule has 1 saturated heterocycles. The van der Waals surface area contributed by atoms with Crippen molar-refractivity contribution in [1.29, 1.82) is 0 Å². The Labute approximate surface area is 161 Å². The molecule has 1 fully saturated rings. The zero-order valence-corrected chi connectivity index (χ0v) is 15.7. The molecule has 0 spiro atoms. The lowest BCUT2D eigenvalue weighted by Crippen LogP contribution is -2.50. The normalized spacial score (nSPS) is 25.7. The van der Waals surface area contributed by atoms with Crippen LogP contribution < -0.4 is 0 Å². The average molecular weight is 368 g/mol. The molecule has 2 aromatic carbocycles. The van der Waals surface area contributed by atoms with Gasteiger partial charge in [0.25, 0.3) is 0 Å². The molecule has 1 heterocycles. The van der Waals surface area contributed by atoms with Crippen LogP contribution in [-0.4, -0.2) is 29.7 Å². The first-order valence-corrected chi connectivity index (χ1v) is 9.52. The molecule has 3 rings (SSSR count). The number of hydrogen-bond donors (Lipinski definition) is 1. The van der Waals surface area contributed by atoms with E-state index in [4.69, 9.17) is 14.2 Å². The molecule has 1 aliphatic rings. The van der Waals surface area contributed by atoms with E-state index < -0.39 is 12.4 Å². The maximum atomic E-state index is 10.5. The van der Waals surface area contributed by atoms with Gasteiger partial charge in [0.2, 0.25) is 0 Å². The second-order valence-corrected chi connectivity index (χ2v) is 6.79. The van der Waals surface area contributed by atoms with Gasteiger partial charge >= 0.3 is 0 Å². The van der Waals surface area contributed by atoms with E-state index in [1.807, 2.05) is 73.7 Å². The number of rotatable bonds is 8. The van der Waals surface area contributed by atoms with E-state index in [-0.39, 0.29) is 12.2 Å². The monoisotopic (exact) mass is 368 g/mol. The molecule has 27 heavy (non-hydrogen) atoms. The first-order valence-electron chi connectivity index (χ1n) is 9.52. The molecule has 4 nitrogen and oxygen atoms in total. The molecule has 0 radical (unpaired) electrons. The van der Waals surface area contributed by atoms with Crippen molar-refractivity contribution in [3.05, 3.63) is 83.9 Å². The van der Waals surface area contributed by atoms with Gasteiger partial charge in [0.15, 0.2) is 6.29 Å². The fourth-order valence-corrected chi connectivity index (χ4v) is 3.24. The number of benzene rings is 2. The molecular weight excluding hydrogens is 340 g/mol. The van der Waals surface area contributed by atoms with Crippen molar-refractivity contribution < 1.29 is 19.3 Å². The van der Waals surface area contributed by atoms with E-state index in [2.05, 4.69) is 6.08 Å². The second kappa shape index (κ2) is 10.4. The Morgan fingerprint density at radius 1 is 0.963 bits per heavy atom. The lowest BCUT2D eigenvalue weighted by atomic mass is 9.99. The Balaban J connectivity index is 1.65. The van der Waals surface area contributed by atoms with Crippen LogP contribution >= 0.6 is 0 Å². The second-order valence-electron chi connectivity index (χ2n) is 6.79. The van der Waals surface area contributed by atoms with Gasteiger partial charge in [-0.05, 0) is 24.5 Å². The van der Waals surface area contributed by atoms with Gasteiger partial charge in [-0.3, -0.25) is 0 Å². The van der Waals surface area contributed by atoms with Crippen molar-refractivity contribution in [1.82, 2.24) is 0 Å². The molecule has 0 aliphatic carbocycles. The van der Waals surface area contributed by atoms with E-state index in [0.29, 0.717) is 19.6 Å². The van der Waals surface area contributed by atoms with Crippen LogP contribution in [0, 0.1) is 0 Å². The summed E-state index contributed by atoms with van der Waals surface area (Å²) in [6, 6.07) is 20.0. The van der Waals surface area contributed by atoms with E-state index in [9.17, 15) is 5.11 Å². The van der Waals surface area contributed by atoms with Crippen molar-refractivity contribution in [2.45, 2.75) is 57.6 Å². The van der Waals surface area contributed by atoms with Crippen LogP contribution in [0.2, 0.25) is 0 Å². The SMILES string of the molecule is C/C=C/C[C@@H]1C[C@H](OCc2ccccc2)[C@H](OCc2ccccc2)C(O)O1. The highest BCUT2D eigenvalue weighted by atomic mass is 16.7. The predicted molar refractivity (Wildman–Crippen MR) is 105 cm³/mol. The molecule has 0 saturated carbocycles. The Bertz CT molecular complexity index is 686. The molecule has 144 valence electrons. The van der Waals surface area contributed by atoms with Crippen molar-refractivity contribution in [3.63, 3.8) is 0 Å². The average Bonchev–Trinajstić information content (AvgIpc) is 2.71. The molecule has 2 aromatic rings. The van der Waals surface area contributed by atoms with Crippen LogP contribution in [-0.2, 0) is 27.4 Å². The van der Waals surface area contributed by atoms with E-state index in [0.717, 1.165) is 17.5 Å². The number of hydrogen-bond acceptors (Lipinski definition) is 4. The van der Waals surface area contributed by atoms with Crippen LogP contribution in [0.5, 0.6) is 0 Å². The third kappa shape index (κ3) is 6.01. The van der Waals surface area contributed by atoms with Gasteiger partial charge in [0.1, 0.15) is 6.10 Å². The van der Waals surface area contributed by atoms with Crippen molar-refractivity contribution in [3.8, 4) is 0 Å². The van der Waals surface area contributed by atoms with E-state index in [1.165, 1.54) is 0 Å². The molecule has 0 amide bonds. The Morgan fingerprint density at radius 3 is 2.15 bits per heavy atom. The molecule has 1 unspecified atom stereocenters. The Kier molecular flexibility index (Phi) is 7.60. The summed E-state index contributed by atoms with van der Waals surface area (Å²) in [4.78, 5) is 0. The third-order valence-corrected chi connectivity index (χ3v) is 4.70. The topological polar surface area (TPSA) is 47.9 Å². The summed E-state index contributed by atoms with van der Waals surface area (Å²) in [7, 11) is 0. The van der Waals surface area contributed by atoms with Crippen LogP contribution in [0.1, 0.15) is 30.9 Å². The van der Waals surface area contributed by atoms with Gasteiger partial charge in [0.05, 0.1) is 25.4 Å². The van der Waals surface area contributed by atoms with Gasteiger partial charge in [0, 0.05) is 6.42 Å². The summed E-state index contributed by atoms with van der Waals surface area (Å²) in [6.45, 7) is 2.88. The largest absolute Gasteiger partial charge is 0.371 e. The van der Waals surface area contributed by atoms with Gasteiger partial charge in [-0.1, -0.05) is 72.8 Å². The van der Waals surface area contributed by atoms with Crippen LogP contribution in [0.4, 0.5) is 0 Å². The van der Waals surface area contributed by atoms with E-state index >= 15 is 0 Å². The molecule has 0 bridgehead atoms. The highest BCUT2D eigenvalue weighted by Gasteiger charge is 2.39. The maximum Gasteiger partial charge on any atom is 0.184 e. The minimum Gasteiger partial charge on any atom is -0.371 e. The molecule has 1 aliphatic heterocycles. The van der Waals surface area contributed by atoms with Crippen LogP contribution in [0.25, 0.3) is 0 Å². The van der Waals surface area contributed by atoms with Crippen molar-refractivity contribution in [2.75, 3.05) is 0 Å². The first kappa shape index (κ1) is 19.8. The molecule has 4 heteroatoms. The summed E-state index contributed by atoms with van der Waals surface area (Å²) in [5.74, 6) is 0. The summed E-state index contributed by atoms with van der Waals surface area (Å²) >= 11 is 0. The summed E-state index contributed by atoms with van der Waals surface area (Å²) in [6.07, 6.45) is 3.66. The molecule has 1 N–H and O–H groups in total. The maximum absolute atomic E-state index is 10.5. The zero-order valence-electron chi connectivity index (χ0n) is 15.7. The van der Waals surface area contributed by atoms with Crippen molar-refractivity contribution >= 4 is 0 Å². The van der Waals surface area contributed by atoms with Gasteiger partial charge < -0.3 is 19.3 Å². The van der Waals surface area contributed by atoms with Gasteiger partial charge in [-0.25, -0.2) is 0 Å².